The summed E-state index contributed by atoms with van der Waals surface area (Å²) in [7, 11) is 1.39. The van der Waals surface area contributed by atoms with Crippen molar-refractivity contribution in [1.29, 1.82) is 0 Å². The molecule has 0 aliphatic heterocycles. The molecule has 16 heavy (non-hydrogen) atoms. The number of rotatable bonds is 4. The zero-order valence-corrected chi connectivity index (χ0v) is 11.2. The number of thiophene rings is 1. The molecule has 90 valence electrons. The minimum atomic E-state index is -3.91. The van der Waals surface area contributed by atoms with Gasteiger partial charge in [-0.25, -0.2) is 13.2 Å². The van der Waals surface area contributed by atoms with Crippen molar-refractivity contribution < 1.29 is 17.9 Å². The van der Waals surface area contributed by atoms with Gasteiger partial charge in [-0.3, -0.25) is 0 Å². The molecule has 7 heteroatoms. The Hall–Kier alpha value is -0.590. The lowest BCUT2D eigenvalue weighted by Crippen LogP contribution is -2.07. The highest BCUT2D eigenvalue weighted by Gasteiger charge is 2.26. The minimum Gasteiger partial charge on any atom is -0.462 e. The first-order chi connectivity index (χ1) is 7.41. The smallest absolute Gasteiger partial charge is 0.349 e. The average molecular weight is 283 g/mol. The van der Waals surface area contributed by atoms with Crippen LogP contribution in [-0.4, -0.2) is 21.0 Å². The molecule has 0 fully saturated rings. The maximum atomic E-state index is 11.5. The third-order valence-electron chi connectivity index (χ3n) is 1.90. The average Bonchev–Trinajstić information content (AvgIpc) is 2.60. The summed E-state index contributed by atoms with van der Waals surface area (Å²) in [4.78, 5) is 11.4. The highest BCUT2D eigenvalue weighted by molar-refractivity contribution is 8.14. The van der Waals surface area contributed by atoms with E-state index in [1.165, 1.54) is 0 Å². The maximum Gasteiger partial charge on any atom is 0.349 e. The highest BCUT2D eigenvalue weighted by atomic mass is 35.7. The van der Waals surface area contributed by atoms with Crippen LogP contribution in [0.4, 0.5) is 0 Å². The number of hydrogen-bond donors (Lipinski definition) is 0. The number of carbonyl (C=O) groups excluding carboxylic acids is 1. The van der Waals surface area contributed by atoms with Crippen LogP contribution in [0.25, 0.3) is 0 Å². The monoisotopic (exact) mass is 282 g/mol. The van der Waals surface area contributed by atoms with Gasteiger partial charge in [0.2, 0.25) is 0 Å². The Morgan fingerprint density at radius 3 is 2.56 bits per heavy atom. The molecule has 0 N–H and O–H groups in total. The van der Waals surface area contributed by atoms with Crippen molar-refractivity contribution in [2.24, 2.45) is 0 Å². The van der Waals surface area contributed by atoms with Crippen LogP contribution in [0.1, 0.15) is 29.1 Å². The summed E-state index contributed by atoms with van der Waals surface area (Å²) >= 11 is 1.04. The lowest BCUT2D eigenvalue weighted by atomic mass is 10.2. The van der Waals surface area contributed by atoms with Gasteiger partial charge in [0, 0.05) is 10.7 Å². The number of aryl methyl sites for hydroxylation is 1. The van der Waals surface area contributed by atoms with Crippen LogP contribution in [0.3, 0.4) is 0 Å². The summed E-state index contributed by atoms with van der Waals surface area (Å²) in [5.74, 6) is -0.647. The van der Waals surface area contributed by atoms with Crippen molar-refractivity contribution in [1.82, 2.24) is 0 Å². The van der Waals surface area contributed by atoms with Crippen LogP contribution in [0, 0.1) is 0 Å². The first-order valence-electron chi connectivity index (χ1n) is 4.63. The van der Waals surface area contributed by atoms with Gasteiger partial charge in [-0.15, -0.1) is 11.3 Å². The summed E-state index contributed by atoms with van der Waals surface area (Å²) < 4.78 is 27.5. The quantitative estimate of drug-likeness (QED) is 0.628. The summed E-state index contributed by atoms with van der Waals surface area (Å²) in [6.07, 6.45) is 0.497. The fraction of sp³-hybridized carbons (Fsp3) is 0.444. The molecule has 0 spiro atoms. The van der Waals surface area contributed by atoms with E-state index in [2.05, 4.69) is 0 Å². The molecule has 1 heterocycles. The topological polar surface area (TPSA) is 60.4 Å². The zero-order valence-electron chi connectivity index (χ0n) is 8.82. The summed E-state index contributed by atoms with van der Waals surface area (Å²) in [6, 6.07) is 0. The molecule has 1 aromatic rings. The lowest BCUT2D eigenvalue weighted by molar-refractivity contribution is 0.0528. The molecule has 0 bridgehead atoms. The fourth-order valence-corrected chi connectivity index (χ4v) is 4.20. The second-order valence-corrected chi connectivity index (χ2v) is 6.31. The standard InChI is InChI=1S/C9H11ClO4S2/c1-3-6-5-15-7(9(11)14-4-2)8(6)16(10,12)13/h5H,3-4H2,1-2H3. The van der Waals surface area contributed by atoms with E-state index in [1.807, 2.05) is 0 Å². The summed E-state index contributed by atoms with van der Waals surface area (Å²) in [5, 5.41) is 1.61. The molecule has 1 rings (SSSR count). The number of halogens is 1. The van der Waals surface area contributed by atoms with Gasteiger partial charge in [0.1, 0.15) is 9.77 Å². The van der Waals surface area contributed by atoms with E-state index in [0.29, 0.717) is 12.0 Å². The molecule has 0 aliphatic carbocycles. The molecule has 0 unspecified atom stereocenters. The van der Waals surface area contributed by atoms with Gasteiger partial charge >= 0.3 is 5.97 Å². The zero-order chi connectivity index (χ0) is 12.3. The number of carbonyl (C=O) groups is 1. The highest BCUT2D eigenvalue weighted by Crippen LogP contribution is 2.31. The van der Waals surface area contributed by atoms with Gasteiger partial charge in [0.25, 0.3) is 9.05 Å². The Kier molecular flexibility index (Phi) is 4.35. The van der Waals surface area contributed by atoms with Crippen LogP contribution in [0.15, 0.2) is 10.3 Å². The van der Waals surface area contributed by atoms with Crippen LogP contribution < -0.4 is 0 Å². The number of hydrogen-bond acceptors (Lipinski definition) is 5. The van der Waals surface area contributed by atoms with Crippen molar-refractivity contribution in [3.05, 3.63) is 15.8 Å². The Morgan fingerprint density at radius 2 is 2.12 bits per heavy atom. The Morgan fingerprint density at radius 1 is 1.50 bits per heavy atom. The number of esters is 1. The van der Waals surface area contributed by atoms with Crippen LogP contribution in [0.5, 0.6) is 0 Å². The van der Waals surface area contributed by atoms with Crippen LogP contribution in [-0.2, 0) is 20.2 Å². The molecule has 0 saturated carbocycles. The predicted molar refractivity (Wildman–Crippen MR) is 62.7 cm³/mol. The van der Waals surface area contributed by atoms with Crippen LogP contribution >= 0.6 is 22.0 Å². The van der Waals surface area contributed by atoms with E-state index in [0.717, 1.165) is 11.3 Å². The predicted octanol–water partition coefficient (Wildman–Crippen LogP) is 2.41. The van der Waals surface area contributed by atoms with Crippen molar-refractivity contribution in [2.75, 3.05) is 6.61 Å². The maximum absolute atomic E-state index is 11.5. The Balaban J connectivity index is 3.31. The fourth-order valence-electron chi connectivity index (χ4n) is 1.23. The number of ether oxygens (including phenoxy) is 1. The lowest BCUT2D eigenvalue weighted by Gasteiger charge is -2.02. The summed E-state index contributed by atoms with van der Waals surface area (Å²) in [6.45, 7) is 3.64. The third kappa shape index (κ3) is 2.75. The summed E-state index contributed by atoms with van der Waals surface area (Å²) in [5.41, 5.74) is 0.544. The van der Waals surface area contributed by atoms with Crippen molar-refractivity contribution >= 4 is 37.0 Å². The molecular formula is C9H11ClO4S2. The van der Waals surface area contributed by atoms with Gasteiger partial charge in [0.05, 0.1) is 6.61 Å². The molecule has 0 aromatic carbocycles. The van der Waals surface area contributed by atoms with Gasteiger partial charge in [-0.1, -0.05) is 6.92 Å². The van der Waals surface area contributed by atoms with Gasteiger partial charge in [-0.2, -0.15) is 0 Å². The van der Waals surface area contributed by atoms with E-state index in [1.54, 1.807) is 19.2 Å². The Labute approximate surface area is 103 Å². The van der Waals surface area contributed by atoms with Crippen molar-refractivity contribution in [3.8, 4) is 0 Å². The van der Waals surface area contributed by atoms with E-state index in [4.69, 9.17) is 15.4 Å². The normalized spacial score (nSPS) is 11.4. The minimum absolute atomic E-state index is 0.0497. The molecule has 0 aliphatic rings. The van der Waals surface area contributed by atoms with Gasteiger partial charge in [0.15, 0.2) is 0 Å². The molecule has 0 amide bonds. The van der Waals surface area contributed by atoms with Crippen molar-refractivity contribution in [2.45, 2.75) is 25.2 Å². The third-order valence-corrected chi connectivity index (χ3v) is 4.46. The SMILES string of the molecule is CCOC(=O)c1scc(CC)c1S(=O)(=O)Cl. The largest absolute Gasteiger partial charge is 0.462 e. The van der Waals surface area contributed by atoms with E-state index in [9.17, 15) is 13.2 Å². The van der Waals surface area contributed by atoms with Crippen LogP contribution in [0.2, 0.25) is 0 Å². The molecule has 0 saturated heterocycles. The first kappa shape index (κ1) is 13.5. The molecule has 0 atom stereocenters. The Bertz CT molecular complexity index is 490. The molecule has 0 radical (unpaired) electrons. The molecule has 1 aromatic heterocycles. The van der Waals surface area contributed by atoms with Gasteiger partial charge < -0.3 is 4.74 Å². The first-order valence-corrected chi connectivity index (χ1v) is 7.82. The molecule has 4 nitrogen and oxygen atoms in total. The van der Waals surface area contributed by atoms with E-state index < -0.39 is 15.0 Å². The van der Waals surface area contributed by atoms with E-state index >= 15 is 0 Å². The second-order valence-electron chi connectivity index (χ2n) is 2.93. The molecular weight excluding hydrogens is 272 g/mol. The van der Waals surface area contributed by atoms with Gasteiger partial charge in [-0.05, 0) is 24.3 Å². The second kappa shape index (κ2) is 5.16. The van der Waals surface area contributed by atoms with Crippen molar-refractivity contribution in [3.63, 3.8) is 0 Å². The van der Waals surface area contributed by atoms with E-state index in [-0.39, 0.29) is 16.4 Å².